The van der Waals surface area contributed by atoms with Crippen molar-refractivity contribution in [3.05, 3.63) is 41.2 Å². The molecular weight excluding hydrogens is 220 g/mol. The van der Waals surface area contributed by atoms with E-state index in [0.29, 0.717) is 11.3 Å². The quantitative estimate of drug-likeness (QED) is 0.605. The first kappa shape index (κ1) is 12.7. The zero-order chi connectivity index (χ0) is 12.8. The summed E-state index contributed by atoms with van der Waals surface area (Å²) in [7, 11) is 1.40. The van der Waals surface area contributed by atoms with Crippen molar-refractivity contribution in [3.8, 4) is 0 Å². The monoisotopic (exact) mass is 232 g/mol. The third kappa shape index (κ3) is 3.31. The number of nitrogens with one attached hydrogen (secondary N) is 1. The molecule has 1 amide bonds. The predicted molar refractivity (Wildman–Crippen MR) is 61.6 cm³/mol. The van der Waals surface area contributed by atoms with Crippen molar-refractivity contribution in [3.63, 3.8) is 0 Å². The van der Waals surface area contributed by atoms with Crippen LogP contribution in [0, 0.1) is 12.5 Å². The fourth-order valence-electron chi connectivity index (χ4n) is 1.41. The normalized spacial score (nSPS) is 11.3. The van der Waals surface area contributed by atoms with Crippen molar-refractivity contribution in [2.45, 2.75) is 6.42 Å². The van der Waals surface area contributed by atoms with Crippen molar-refractivity contribution in [1.82, 2.24) is 5.32 Å². The Labute approximate surface area is 98.9 Å². The summed E-state index contributed by atoms with van der Waals surface area (Å²) >= 11 is 0. The number of aliphatic carboxylic acids is 1. The Bertz CT molecular complexity index is 460. The van der Waals surface area contributed by atoms with Crippen LogP contribution in [-0.4, -0.2) is 24.0 Å². The summed E-state index contributed by atoms with van der Waals surface area (Å²) in [6, 6.07) is 6.52. The number of carboxylic acid groups (broad SMARTS) is 1. The molecule has 0 radical (unpaired) electrons. The van der Waals surface area contributed by atoms with Crippen molar-refractivity contribution in [1.29, 1.82) is 0 Å². The molecule has 0 heterocycles. The predicted octanol–water partition coefficient (Wildman–Crippen LogP) is 1.23. The topological polar surface area (TPSA) is 70.8 Å². The molecule has 1 unspecified atom stereocenters. The maximum atomic E-state index is 11.3. The lowest BCUT2D eigenvalue weighted by molar-refractivity contribution is -0.146. The highest BCUT2D eigenvalue weighted by atomic mass is 16.4. The van der Waals surface area contributed by atoms with E-state index in [9.17, 15) is 9.59 Å². The second kappa shape index (κ2) is 5.66. The number of nitrogens with zero attached hydrogens (tertiary/aromatic N) is 1. The molecule has 17 heavy (non-hydrogen) atoms. The van der Waals surface area contributed by atoms with Gasteiger partial charge >= 0.3 is 5.97 Å². The van der Waals surface area contributed by atoms with Crippen LogP contribution in [0.25, 0.3) is 4.85 Å². The number of carbonyl (C=O) groups is 2. The molecule has 0 saturated carbocycles. The second-order valence-electron chi connectivity index (χ2n) is 3.49. The third-order valence-electron chi connectivity index (χ3n) is 2.37. The number of benzene rings is 1. The summed E-state index contributed by atoms with van der Waals surface area (Å²) in [6.07, 6.45) is 0.118. The lowest BCUT2D eigenvalue weighted by Gasteiger charge is -2.10. The Balaban J connectivity index is 2.83. The standard InChI is InChI=1S/C12H12N2O3/c1-13-9-5-3-8(4-6-9)7-10(12(16)17)11(15)14-2/h3-6,10H,7H2,2H3,(H,14,15)(H,16,17). The summed E-state index contributed by atoms with van der Waals surface area (Å²) in [5, 5.41) is 11.2. The molecule has 1 aromatic rings. The lowest BCUT2D eigenvalue weighted by Crippen LogP contribution is -2.34. The third-order valence-corrected chi connectivity index (χ3v) is 2.37. The molecule has 1 aromatic carbocycles. The molecule has 0 aromatic heterocycles. The molecule has 0 aliphatic heterocycles. The van der Waals surface area contributed by atoms with Crippen LogP contribution in [0.4, 0.5) is 5.69 Å². The molecule has 5 heteroatoms. The van der Waals surface area contributed by atoms with Gasteiger partial charge in [0.1, 0.15) is 5.92 Å². The van der Waals surface area contributed by atoms with Gasteiger partial charge in [-0.1, -0.05) is 24.3 Å². The Morgan fingerprint density at radius 2 is 2.00 bits per heavy atom. The summed E-state index contributed by atoms with van der Waals surface area (Å²) in [6.45, 7) is 6.79. The number of carbonyl (C=O) groups excluding carboxylic acids is 1. The Kier molecular flexibility index (Phi) is 4.23. The maximum absolute atomic E-state index is 11.3. The van der Waals surface area contributed by atoms with Crippen LogP contribution < -0.4 is 5.32 Å². The molecule has 1 atom stereocenters. The summed E-state index contributed by atoms with van der Waals surface area (Å²) in [5.41, 5.74) is 1.20. The fourth-order valence-corrected chi connectivity index (χ4v) is 1.41. The Hall–Kier alpha value is -2.35. The average molecular weight is 232 g/mol. The van der Waals surface area contributed by atoms with Gasteiger partial charge in [0, 0.05) is 7.05 Å². The van der Waals surface area contributed by atoms with E-state index in [1.54, 1.807) is 24.3 Å². The summed E-state index contributed by atoms with van der Waals surface area (Å²) in [4.78, 5) is 25.5. The van der Waals surface area contributed by atoms with Gasteiger partial charge in [-0.2, -0.15) is 0 Å². The van der Waals surface area contributed by atoms with Crippen molar-refractivity contribution >= 4 is 17.6 Å². The minimum absolute atomic E-state index is 0.118. The largest absolute Gasteiger partial charge is 0.481 e. The van der Waals surface area contributed by atoms with Crippen LogP contribution in [0.5, 0.6) is 0 Å². The van der Waals surface area contributed by atoms with Gasteiger partial charge in [-0.25, -0.2) is 4.85 Å². The number of hydrogen-bond acceptors (Lipinski definition) is 2. The van der Waals surface area contributed by atoms with Gasteiger partial charge in [-0.05, 0) is 12.0 Å². The van der Waals surface area contributed by atoms with Gasteiger partial charge in [0.25, 0.3) is 0 Å². The molecule has 5 nitrogen and oxygen atoms in total. The molecule has 0 fully saturated rings. The maximum Gasteiger partial charge on any atom is 0.316 e. The van der Waals surface area contributed by atoms with Crippen LogP contribution in [0.15, 0.2) is 24.3 Å². The molecule has 1 rings (SSSR count). The zero-order valence-corrected chi connectivity index (χ0v) is 9.30. The average Bonchev–Trinajstić information content (AvgIpc) is 2.35. The second-order valence-corrected chi connectivity index (χ2v) is 3.49. The van der Waals surface area contributed by atoms with E-state index < -0.39 is 17.8 Å². The first-order valence-corrected chi connectivity index (χ1v) is 4.99. The molecule has 0 spiro atoms. The van der Waals surface area contributed by atoms with E-state index in [2.05, 4.69) is 10.2 Å². The van der Waals surface area contributed by atoms with Gasteiger partial charge in [0.05, 0.1) is 6.57 Å². The van der Waals surface area contributed by atoms with Gasteiger partial charge in [0.2, 0.25) is 5.91 Å². The molecule has 0 bridgehead atoms. The Morgan fingerprint density at radius 1 is 1.41 bits per heavy atom. The van der Waals surface area contributed by atoms with E-state index in [1.165, 1.54) is 7.05 Å². The molecule has 0 aliphatic carbocycles. The molecular formula is C12H12N2O3. The van der Waals surface area contributed by atoms with Crippen LogP contribution in [0.1, 0.15) is 5.56 Å². The SMILES string of the molecule is [C-]#[N+]c1ccc(CC(C(=O)O)C(=O)NC)cc1. The number of amides is 1. The lowest BCUT2D eigenvalue weighted by atomic mass is 9.98. The van der Waals surface area contributed by atoms with E-state index in [1.807, 2.05) is 0 Å². The van der Waals surface area contributed by atoms with Crippen LogP contribution in [-0.2, 0) is 16.0 Å². The van der Waals surface area contributed by atoms with Crippen LogP contribution in [0.3, 0.4) is 0 Å². The first-order valence-electron chi connectivity index (χ1n) is 4.99. The zero-order valence-electron chi connectivity index (χ0n) is 9.30. The van der Waals surface area contributed by atoms with Gasteiger partial charge in [-0.15, -0.1) is 0 Å². The first-order chi connectivity index (χ1) is 8.08. The van der Waals surface area contributed by atoms with Crippen molar-refractivity contribution < 1.29 is 14.7 Å². The highest BCUT2D eigenvalue weighted by Crippen LogP contribution is 2.15. The fraction of sp³-hybridized carbons (Fsp3) is 0.250. The van der Waals surface area contributed by atoms with Crippen molar-refractivity contribution in [2.24, 2.45) is 5.92 Å². The summed E-state index contributed by atoms with van der Waals surface area (Å²) < 4.78 is 0. The molecule has 0 aliphatic rings. The highest BCUT2D eigenvalue weighted by molar-refractivity contribution is 5.97. The van der Waals surface area contributed by atoms with E-state index in [4.69, 9.17) is 11.7 Å². The Morgan fingerprint density at radius 3 is 2.41 bits per heavy atom. The minimum Gasteiger partial charge on any atom is -0.481 e. The smallest absolute Gasteiger partial charge is 0.316 e. The van der Waals surface area contributed by atoms with E-state index in [-0.39, 0.29) is 6.42 Å². The van der Waals surface area contributed by atoms with Gasteiger partial charge in [-0.3, -0.25) is 9.59 Å². The van der Waals surface area contributed by atoms with Gasteiger partial charge in [0.15, 0.2) is 5.69 Å². The molecule has 0 saturated heterocycles. The number of hydrogen-bond donors (Lipinski definition) is 2. The minimum atomic E-state index is -1.15. The molecule has 2 N–H and O–H groups in total. The molecule has 88 valence electrons. The van der Waals surface area contributed by atoms with Crippen LogP contribution >= 0.6 is 0 Å². The number of rotatable bonds is 4. The van der Waals surface area contributed by atoms with E-state index >= 15 is 0 Å². The van der Waals surface area contributed by atoms with Gasteiger partial charge < -0.3 is 10.4 Å². The van der Waals surface area contributed by atoms with Crippen molar-refractivity contribution in [2.75, 3.05) is 7.05 Å². The van der Waals surface area contributed by atoms with Crippen LogP contribution in [0.2, 0.25) is 0 Å². The van der Waals surface area contributed by atoms with E-state index in [0.717, 1.165) is 0 Å². The highest BCUT2D eigenvalue weighted by Gasteiger charge is 2.25. The summed E-state index contributed by atoms with van der Waals surface area (Å²) in [5.74, 6) is -2.77. The number of carboxylic acids is 1.